The topological polar surface area (TPSA) is 0 Å². The fourth-order valence-electron chi connectivity index (χ4n) is 8.66. The summed E-state index contributed by atoms with van der Waals surface area (Å²) < 4.78 is 0. The molecule has 1 heterocycles. The van der Waals surface area contributed by atoms with Crippen LogP contribution in [0.4, 0.5) is 0 Å². The fourth-order valence-corrected chi connectivity index (χ4v) is 8.66. The van der Waals surface area contributed by atoms with Crippen LogP contribution in [0.25, 0.3) is 43.4 Å². The standard InChI is InChI=1S/C48H57B/c1-44(2,3)31-24-34-33-23-30-18-16-17-28-19-20-29-21-22-38(41(33)40(29)39(28)30)49(42(34)35(25-31)46(7,8)9)43-36(47(10,11)12)26-32(45(4,5)6)27-37(43)48(13,14)15/h16-27H,1-15H3. The van der Waals surface area contributed by atoms with Crippen LogP contribution in [-0.4, -0.2) is 6.71 Å². The van der Waals surface area contributed by atoms with Crippen LogP contribution >= 0.6 is 0 Å². The second-order valence-electron chi connectivity index (χ2n) is 20.3. The molecule has 0 nitrogen and oxygen atoms in total. The van der Waals surface area contributed by atoms with Crippen LogP contribution in [0, 0.1) is 0 Å². The Labute approximate surface area is 297 Å². The lowest BCUT2D eigenvalue weighted by Crippen LogP contribution is -2.60. The van der Waals surface area contributed by atoms with Gasteiger partial charge in [-0.25, -0.2) is 0 Å². The summed E-state index contributed by atoms with van der Waals surface area (Å²) in [6.45, 7) is 36.2. The smallest absolute Gasteiger partial charge is 0.0657 e. The van der Waals surface area contributed by atoms with Gasteiger partial charge in [-0.2, -0.15) is 0 Å². The molecule has 0 radical (unpaired) electrons. The number of benzene rings is 6. The lowest BCUT2D eigenvalue weighted by Gasteiger charge is -2.40. The molecule has 0 aromatic heterocycles. The Kier molecular flexibility index (Phi) is 7.25. The third kappa shape index (κ3) is 5.33. The minimum atomic E-state index is -0.0481. The zero-order valence-electron chi connectivity index (χ0n) is 33.0. The zero-order chi connectivity index (χ0) is 35.8. The van der Waals surface area contributed by atoms with Crippen molar-refractivity contribution in [3.05, 3.63) is 101 Å². The van der Waals surface area contributed by atoms with Gasteiger partial charge in [0.25, 0.3) is 0 Å². The van der Waals surface area contributed by atoms with E-state index in [1.165, 1.54) is 87.6 Å². The number of hydrogen-bond acceptors (Lipinski definition) is 0. The Morgan fingerprint density at radius 3 is 1.33 bits per heavy atom. The minimum Gasteiger partial charge on any atom is -0.0657 e. The third-order valence-electron chi connectivity index (χ3n) is 11.4. The SMILES string of the molecule is CC(C)(C)c1cc2c(c(C(C)(C)C)c1)B(c1c(C(C)(C)C)cc(C(C)(C)C)cc1C(C)(C)C)c1ccc3ccc4cccc5cc-2c1c3c45. The van der Waals surface area contributed by atoms with E-state index < -0.39 is 0 Å². The Balaban J connectivity index is 1.79. The molecular formula is C48H57B. The molecule has 0 saturated heterocycles. The van der Waals surface area contributed by atoms with Crippen molar-refractivity contribution in [3.63, 3.8) is 0 Å². The Bertz CT molecular complexity index is 2240. The van der Waals surface area contributed by atoms with Gasteiger partial charge in [-0.05, 0) is 104 Å². The van der Waals surface area contributed by atoms with Gasteiger partial charge in [-0.3, -0.25) is 0 Å². The zero-order valence-corrected chi connectivity index (χ0v) is 33.0. The average Bonchev–Trinajstić information content (AvgIpc) is 2.97. The van der Waals surface area contributed by atoms with Crippen molar-refractivity contribution in [2.45, 2.75) is 131 Å². The van der Waals surface area contributed by atoms with Crippen molar-refractivity contribution >= 4 is 55.4 Å². The molecule has 0 atom stereocenters. The van der Waals surface area contributed by atoms with Crippen molar-refractivity contribution in [3.8, 4) is 11.1 Å². The van der Waals surface area contributed by atoms with Gasteiger partial charge in [0.1, 0.15) is 0 Å². The molecule has 7 rings (SSSR count). The first-order chi connectivity index (χ1) is 22.5. The predicted octanol–water partition coefficient (Wildman–Crippen LogP) is 11.6. The first-order valence-corrected chi connectivity index (χ1v) is 18.6. The van der Waals surface area contributed by atoms with E-state index in [0.717, 1.165) is 0 Å². The monoisotopic (exact) mass is 644 g/mol. The molecule has 1 heteroatoms. The van der Waals surface area contributed by atoms with E-state index in [1.54, 1.807) is 0 Å². The summed E-state index contributed by atoms with van der Waals surface area (Å²) in [6, 6.07) is 29.3. The van der Waals surface area contributed by atoms with Crippen molar-refractivity contribution in [2.75, 3.05) is 0 Å². The van der Waals surface area contributed by atoms with Crippen molar-refractivity contribution in [1.82, 2.24) is 0 Å². The highest BCUT2D eigenvalue weighted by atomic mass is 14.4. The third-order valence-corrected chi connectivity index (χ3v) is 11.4. The Hall–Kier alpha value is -3.58. The maximum Gasteiger partial charge on any atom is 0.243 e. The van der Waals surface area contributed by atoms with Crippen LogP contribution < -0.4 is 16.4 Å². The van der Waals surface area contributed by atoms with E-state index in [-0.39, 0.29) is 33.8 Å². The van der Waals surface area contributed by atoms with Gasteiger partial charge in [0.15, 0.2) is 0 Å². The van der Waals surface area contributed by atoms with Gasteiger partial charge in [0, 0.05) is 0 Å². The molecule has 1 aliphatic rings. The van der Waals surface area contributed by atoms with E-state index in [0.29, 0.717) is 0 Å². The largest absolute Gasteiger partial charge is 0.243 e. The van der Waals surface area contributed by atoms with Crippen LogP contribution in [0.15, 0.2) is 72.8 Å². The summed E-state index contributed by atoms with van der Waals surface area (Å²) >= 11 is 0. The van der Waals surface area contributed by atoms with Gasteiger partial charge in [-0.1, -0.05) is 187 Å². The van der Waals surface area contributed by atoms with Crippen molar-refractivity contribution in [2.24, 2.45) is 0 Å². The quantitative estimate of drug-likeness (QED) is 0.123. The lowest BCUT2D eigenvalue weighted by molar-refractivity contribution is 0.553. The molecule has 252 valence electrons. The van der Waals surface area contributed by atoms with E-state index in [4.69, 9.17) is 0 Å². The molecule has 0 amide bonds. The normalized spacial score (nSPS) is 14.4. The second kappa shape index (κ2) is 10.5. The van der Waals surface area contributed by atoms with Gasteiger partial charge >= 0.3 is 0 Å². The molecule has 0 fully saturated rings. The molecular weight excluding hydrogens is 587 g/mol. The van der Waals surface area contributed by atoms with Gasteiger partial charge < -0.3 is 0 Å². The number of rotatable bonds is 1. The summed E-state index contributed by atoms with van der Waals surface area (Å²) in [5, 5.41) is 8.29. The summed E-state index contributed by atoms with van der Waals surface area (Å²) in [7, 11) is 0. The molecule has 0 saturated carbocycles. The summed E-state index contributed by atoms with van der Waals surface area (Å²) in [4.78, 5) is 0. The van der Waals surface area contributed by atoms with Gasteiger partial charge in [-0.15, -0.1) is 0 Å². The van der Waals surface area contributed by atoms with Crippen LogP contribution in [0.2, 0.25) is 0 Å². The van der Waals surface area contributed by atoms with Crippen molar-refractivity contribution < 1.29 is 0 Å². The number of fused-ring (bicyclic) bond motifs is 2. The van der Waals surface area contributed by atoms with E-state index in [1.807, 2.05) is 0 Å². The lowest BCUT2D eigenvalue weighted by atomic mass is 9.30. The maximum absolute atomic E-state index is 2.58. The van der Waals surface area contributed by atoms with Crippen molar-refractivity contribution in [1.29, 1.82) is 0 Å². The molecule has 0 aliphatic carbocycles. The summed E-state index contributed by atoms with van der Waals surface area (Å²) in [6.07, 6.45) is 0. The van der Waals surface area contributed by atoms with Crippen LogP contribution in [0.3, 0.4) is 0 Å². The highest BCUT2D eigenvalue weighted by Gasteiger charge is 2.42. The predicted molar refractivity (Wildman–Crippen MR) is 220 cm³/mol. The fraction of sp³-hybridized carbons (Fsp3) is 0.417. The van der Waals surface area contributed by atoms with E-state index in [9.17, 15) is 0 Å². The highest BCUT2D eigenvalue weighted by Crippen LogP contribution is 2.44. The molecule has 6 aromatic carbocycles. The highest BCUT2D eigenvalue weighted by molar-refractivity contribution is 6.99. The van der Waals surface area contributed by atoms with Crippen LogP contribution in [0.1, 0.15) is 132 Å². The summed E-state index contributed by atoms with van der Waals surface area (Å²) in [5.74, 6) is 0. The minimum absolute atomic E-state index is 0.0193. The van der Waals surface area contributed by atoms with Crippen LogP contribution in [-0.2, 0) is 27.1 Å². The molecule has 0 bridgehead atoms. The van der Waals surface area contributed by atoms with E-state index in [2.05, 4.69) is 177 Å². The first-order valence-electron chi connectivity index (χ1n) is 18.6. The van der Waals surface area contributed by atoms with Gasteiger partial charge in [0.2, 0.25) is 6.71 Å². The summed E-state index contributed by atoms with van der Waals surface area (Å²) in [5.41, 5.74) is 14.5. The second-order valence-corrected chi connectivity index (χ2v) is 20.3. The average molecular weight is 645 g/mol. The number of hydrogen-bond donors (Lipinski definition) is 0. The Morgan fingerprint density at radius 2 is 0.816 bits per heavy atom. The molecule has 0 unspecified atom stereocenters. The molecule has 1 aliphatic heterocycles. The maximum atomic E-state index is 2.58. The van der Waals surface area contributed by atoms with Gasteiger partial charge in [0.05, 0.1) is 0 Å². The molecule has 0 N–H and O–H groups in total. The Morgan fingerprint density at radius 1 is 0.367 bits per heavy atom. The van der Waals surface area contributed by atoms with Crippen LogP contribution in [0.5, 0.6) is 0 Å². The molecule has 0 spiro atoms. The molecule has 6 aromatic rings. The molecule has 49 heavy (non-hydrogen) atoms. The van der Waals surface area contributed by atoms with E-state index >= 15 is 0 Å². The first kappa shape index (κ1) is 33.9.